The molecule has 8 heteroatoms. The molecule has 0 fully saturated rings. The molecule has 0 radical (unpaired) electrons. The second-order valence-corrected chi connectivity index (χ2v) is 5.28. The zero-order valence-corrected chi connectivity index (χ0v) is 13.0. The fourth-order valence-corrected chi connectivity index (χ4v) is 2.18. The van der Waals surface area contributed by atoms with Crippen molar-refractivity contribution in [2.75, 3.05) is 14.1 Å². The number of hydrogen-bond donors (Lipinski definition) is 0. The fraction of sp³-hybridized carbons (Fsp3) is 0.125. The van der Waals surface area contributed by atoms with Crippen molar-refractivity contribution in [2.45, 2.75) is 0 Å². The van der Waals surface area contributed by atoms with E-state index in [2.05, 4.69) is 4.98 Å². The first-order valence-corrected chi connectivity index (χ1v) is 7.09. The standard InChI is InChI=1S/C16H14N4O4/c1-18(2)16(21)24-19-14-10-12(20(22)23)8-9-13(14)17-15(19)11-6-4-3-5-7-11/h3-10H,1-2H3. The van der Waals surface area contributed by atoms with Crippen LogP contribution in [0.1, 0.15) is 0 Å². The maximum absolute atomic E-state index is 12.0. The zero-order chi connectivity index (χ0) is 17.3. The Balaban J connectivity index is 2.22. The van der Waals surface area contributed by atoms with Gasteiger partial charge < -0.3 is 9.74 Å². The highest BCUT2D eigenvalue weighted by Gasteiger charge is 2.20. The summed E-state index contributed by atoms with van der Waals surface area (Å²) in [7, 11) is 3.10. The van der Waals surface area contributed by atoms with Gasteiger partial charge in [0.2, 0.25) is 0 Å². The maximum atomic E-state index is 12.0. The van der Waals surface area contributed by atoms with Crippen LogP contribution in [-0.2, 0) is 0 Å². The molecule has 8 nitrogen and oxygen atoms in total. The minimum atomic E-state index is -0.613. The van der Waals surface area contributed by atoms with Gasteiger partial charge in [0.1, 0.15) is 5.52 Å². The maximum Gasteiger partial charge on any atom is 0.434 e. The van der Waals surface area contributed by atoms with Crippen LogP contribution in [0.2, 0.25) is 0 Å². The molecule has 0 N–H and O–H groups in total. The van der Waals surface area contributed by atoms with E-state index < -0.39 is 11.0 Å². The van der Waals surface area contributed by atoms with E-state index in [9.17, 15) is 14.9 Å². The number of nitrogens with zero attached hydrogens (tertiary/aromatic N) is 4. The van der Waals surface area contributed by atoms with Crippen LogP contribution in [-0.4, -0.2) is 39.7 Å². The van der Waals surface area contributed by atoms with Gasteiger partial charge in [-0.2, -0.15) is 4.73 Å². The Morgan fingerprint density at radius 3 is 2.54 bits per heavy atom. The van der Waals surface area contributed by atoms with Crippen molar-refractivity contribution in [3.63, 3.8) is 0 Å². The Hall–Kier alpha value is -3.42. The Morgan fingerprint density at radius 2 is 1.92 bits per heavy atom. The number of imidazole rings is 1. The molecule has 0 saturated heterocycles. The topological polar surface area (TPSA) is 90.5 Å². The zero-order valence-electron chi connectivity index (χ0n) is 13.0. The molecule has 0 aliphatic carbocycles. The summed E-state index contributed by atoms with van der Waals surface area (Å²) in [5.74, 6) is 0.390. The molecule has 0 unspecified atom stereocenters. The number of hydrogen-bond acceptors (Lipinski definition) is 5. The fourth-order valence-electron chi connectivity index (χ4n) is 2.18. The number of non-ortho nitro benzene ring substituents is 1. The van der Waals surface area contributed by atoms with Crippen molar-refractivity contribution in [1.82, 2.24) is 14.6 Å². The first-order chi connectivity index (χ1) is 11.5. The molecule has 0 atom stereocenters. The number of nitro groups is 1. The number of carbonyl (C=O) groups excluding carboxylic acids is 1. The van der Waals surface area contributed by atoms with Crippen molar-refractivity contribution in [3.8, 4) is 11.4 Å². The first-order valence-electron chi connectivity index (χ1n) is 7.09. The van der Waals surface area contributed by atoms with Crippen LogP contribution < -0.4 is 4.84 Å². The normalized spacial score (nSPS) is 10.6. The molecule has 0 spiro atoms. The number of amides is 1. The summed E-state index contributed by atoms with van der Waals surface area (Å²) in [6.07, 6.45) is -0.613. The molecule has 1 amide bonds. The van der Waals surface area contributed by atoms with Gasteiger partial charge in [-0.1, -0.05) is 30.3 Å². The van der Waals surface area contributed by atoms with Gasteiger partial charge in [0.25, 0.3) is 5.69 Å². The van der Waals surface area contributed by atoms with Gasteiger partial charge in [0.15, 0.2) is 5.82 Å². The smallest absolute Gasteiger partial charge is 0.315 e. The third-order valence-corrected chi connectivity index (χ3v) is 3.37. The molecular weight excluding hydrogens is 312 g/mol. The molecule has 1 aromatic heterocycles. The summed E-state index contributed by atoms with van der Waals surface area (Å²) in [4.78, 5) is 33.6. The largest absolute Gasteiger partial charge is 0.434 e. The van der Waals surface area contributed by atoms with Crippen LogP contribution >= 0.6 is 0 Å². The molecule has 122 valence electrons. The molecule has 0 saturated carbocycles. The lowest BCUT2D eigenvalue weighted by molar-refractivity contribution is -0.384. The predicted octanol–water partition coefficient (Wildman–Crippen LogP) is 2.72. The van der Waals surface area contributed by atoms with Gasteiger partial charge in [0.05, 0.1) is 10.4 Å². The summed E-state index contributed by atoms with van der Waals surface area (Å²) >= 11 is 0. The van der Waals surface area contributed by atoms with Crippen molar-refractivity contribution in [1.29, 1.82) is 0 Å². The lowest BCUT2D eigenvalue weighted by atomic mass is 10.2. The summed E-state index contributed by atoms with van der Waals surface area (Å²) in [5.41, 5.74) is 1.45. The number of carbonyl (C=O) groups is 1. The summed E-state index contributed by atoms with van der Waals surface area (Å²) in [6, 6.07) is 13.4. The van der Waals surface area contributed by atoms with Crippen LogP contribution in [0.3, 0.4) is 0 Å². The summed E-state index contributed by atoms with van der Waals surface area (Å²) < 4.78 is 1.22. The number of fused-ring (bicyclic) bond motifs is 1. The van der Waals surface area contributed by atoms with Gasteiger partial charge in [-0.3, -0.25) is 10.1 Å². The van der Waals surface area contributed by atoms with Crippen LogP contribution in [0.5, 0.6) is 0 Å². The molecule has 1 heterocycles. The average Bonchev–Trinajstić information content (AvgIpc) is 2.93. The van der Waals surface area contributed by atoms with E-state index in [4.69, 9.17) is 4.84 Å². The van der Waals surface area contributed by atoms with E-state index in [-0.39, 0.29) is 5.69 Å². The molecule has 3 rings (SSSR count). The Labute approximate surface area is 137 Å². The van der Waals surface area contributed by atoms with E-state index in [0.717, 1.165) is 5.56 Å². The van der Waals surface area contributed by atoms with Crippen LogP contribution in [0, 0.1) is 10.1 Å². The van der Waals surface area contributed by atoms with E-state index in [1.54, 1.807) is 14.1 Å². The van der Waals surface area contributed by atoms with Crippen LogP contribution in [0.25, 0.3) is 22.4 Å². The quantitative estimate of drug-likeness (QED) is 0.545. The average molecular weight is 326 g/mol. The first kappa shape index (κ1) is 15.5. The van der Waals surface area contributed by atoms with Crippen LogP contribution in [0.15, 0.2) is 48.5 Å². The number of rotatable bonds is 3. The molecule has 0 aliphatic heterocycles. The summed E-state index contributed by atoms with van der Waals surface area (Å²) in [6.45, 7) is 0. The van der Waals surface area contributed by atoms with Crippen LogP contribution in [0.4, 0.5) is 10.5 Å². The van der Waals surface area contributed by atoms with E-state index in [0.29, 0.717) is 16.9 Å². The molecule has 0 bridgehead atoms. The molecule has 0 aliphatic rings. The highest BCUT2D eigenvalue weighted by molar-refractivity contribution is 5.83. The number of benzene rings is 2. The van der Waals surface area contributed by atoms with Crippen molar-refractivity contribution in [2.24, 2.45) is 0 Å². The van der Waals surface area contributed by atoms with E-state index >= 15 is 0 Å². The van der Waals surface area contributed by atoms with Crippen molar-refractivity contribution >= 4 is 22.8 Å². The lowest BCUT2D eigenvalue weighted by Gasteiger charge is -2.13. The number of aromatic nitrogens is 2. The molecule has 24 heavy (non-hydrogen) atoms. The minimum Gasteiger partial charge on any atom is -0.315 e. The Kier molecular flexibility index (Phi) is 3.87. The van der Waals surface area contributed by atoms with E-state index in [1.807, 2.05) is 30.3 Å². The third-order valence-electron chi connectivity index (χ3n) is 3.37. The van der Waals surface area contributed by atoms with Crippen molar-refractivity contribution in [3.05, 3.63) is 58.6 Å². The van der Waals surface area contributed by atoms with Gasteiger partial charge >= 0.3 is 6.09 Å². The highest BCUT2D eigenvalue weighted by atomic mass is 16.7. The van der Waals surface area contributed by atoms with Gasteiger partial charge in [0, 0.05) is 31.8 Å². The SMILES string of the molecule is CN(C)C(=O)On1c(-c2ccccc2)nc2ccc([N+](=O)[O-])cc21. The highest BCUT2D eigenvalue weighted by Crippen LogP contribution is 2.26. The number of nitro benzene ring substituents is 1. The molecule has 3 aromatic rings. The summed E-state index contributed by atoms with van der Waals surface area (Å²) in [5, 5.41) is 11.0. The Morgan fingerprint density at radius 1 is 1.21 bits per heavy atom. The van der Waals surface area contributed by atoms with Gasteiger partial charge in [-0.25, -0.2) is 9.78 Å². The molecular formula is C16H14N4O4. The van der Waals surface area contributed by atoms with Gasteiger partial charge in [-0.05, 0) is 6.07 Å². The predicted molar refractivity (Wildman–Crippen MR) is 87.5 cm³/mol. The molecule has 2 aromatic carbocycles. The lowest BCUT2D eigenvalue weighted by Crippen LogP contribution is -2.31. The van der Waals surface area contributed by atoms with Crippen molar-refractivity contribution < 1.29 is 14.6 Å². The minimum absolute atomic E-state index is 0.107. The van der Waals surface area contributed by atoms with E-state index in [1.165, 1.54) is 27.8 Å². The van der Waals surface area contributed by atoms with Gasteiger partial charge in [-0.15, -0.1) is 0 Å². The Bertz CT molecular complexity index is 918. The monoisotopic (exact) mass is 326 g/mol. The second-order valence-electron chi connectivity index (χ2n) is 5.28. The second kappa shape index (κ2) is 5.99. The third kappa shape index (κ3) is 2.76.